The molecule has 2 rings (SSSR count). The molecule has 0 fully saturated rings. The highest BCUT2D eigenvalue weighted by Crippen LogP contribution is 2.21. The van der Waals surface area contributed by atoms with Crippen LogP contribution in [0.3, 0.4) is 0 Å². The molecule has 2 aromatic rings. The molecule has 0 aromatic carbocycles. The summed E-state index contributed by atoms with van der Waals surface area (Å²) >= 11 is 1.02. The van der Waals surface area contributed by atoms with Gasteiger partial charge in [-0.25, -0.2) is 9.78 Å². The van der Waals surface area contributed by atoms with Gasteiger partial charge in [-0.3, -0.25) is 18.7 Å². The van der Waals surface area contributed by atoms with Crippen LogP contribution < -0.4 is 11.2 Å². The Bertz CT molecular complexity index is 801. The highest BCUT2D eigenvalue weighted by Gasteiger charge is 2.18. The molecule has 0 amide bonds. The van der Waals surface area contributed by atoms with Crippen molar-refractivity contribution < 1.29 is 9.90 Å². The predicted octanol–water partition coefficient (Wildman–Crippen LogP) is -0.370. The van der Waals surface area contributed by atoms with Gasteiger partial charge in [-0.1, -0.05) is 11.8 Å². The maximum atomic E-state index is 12.1. The third kappa shape index (κ3) is 2.13. The zero-order valence-electron chi connectivity index (χ0n) is 11.3. The number of carboxylic acids is 1. The molecule has 108 valence electrons. The number of carboxylic acid groups (broad SMARTS) is 1. The van der Waals surface area contributed by atoms with E-state index in [4.69, 9.17) is 5.11 Å². The van der Waals surface area contributed by atoms with E-state index in [1.54, 1.807) is 11.6 Å². The molecular weight excluding hydrogens is 284 g/mol. The quantitative estimate of drug-likeness (QED) is 0.773. The van der Waals surface area contributed by atoms with E-state index < -0.39 is 17.2 Å². The number of imidazole rings is 1. The summed E-state index contributed by atoms with van der Waals surface area (Å²) in [6.45, 7) is 2.33. The van der Waals surface area contributed by atoms with Crippen molar-refractivity contribution in [2.24, 2.45) is 14.1 Å². The Balaban J connectivity index is 2.78. The van der Waals surface area contributed by atoms with Crippen LogP contribution in [-0.2, 0) is 25.4 Å². The number of aliphatic carboxylic acids is 1. The van der Waals surface area contributed by atoms with Crippen molar-refractivity contribution in [1.29, 1.82) is 0 Å². The lowest BCUT2D eigenvalue weighted by molar-refractivity contribution is -0.133. The molecule has 2 aromatic heterocycles. The Hall–Kier alpha value is -2.03. The van der Waals surface area contributed by atoms with E-state index in [-0.39, 0.29) is 11.3 Å². The number of rotatable bonds is 4. The number of thioether (sulfide) groups is 1. The molecule has 1 N–H and O–H groups in total. The summed E-state index contributed by atoms with van der Waals surface area (Å²) in [4.78, 5) is 38.8. The SMILES string of the molecule is CCn1c(SCC(=O)O)nc2c(=O)n(C)c(=O)n(C)c21. The van der Waals surface area contributed by atoms with Crippen molar-refractivity contribution in [3.05, 3.63) is 20.8 Å². The zero-order valence-corrected chi connectivity index (χ0v) is 12.1. The second-order valence-corrected chi connectivity index (χ2v) is 5.14. The van der Waals surface area contributed by atoms with Crippen LogP contribution in [0.25, 0.3) is 11.2 Å². The van der Waals surface area contributed by atoms with Gasteiger partial charge in [0, 0.05) is 20.6 Å². The maximum Gasteiger partial charge on any atom is 0.332 e. The van der Waals surface area contributed by atoms with Gasteiger partial charge in [0.15, 0.2) is 16.3 Å². The number of aromatic nitrogens is 4. The molecule has 8 nitrogen and oxygen atoms in total. The van der Waals surface area contributed by atoms with E-state index in [2.05, 4.69) is 4.98 Å². The van der Waals surface area contributed by atoms with Crippen LogP contribution in [0.15, 0.2) is 14.7 Å². The Morgan fingerprint density at radius 2 is 1.95 bits per heavy atom. The summed E-state index contributed by atoms with van der Waals surface area (Å²) in [7, 11) is 2.95. The summed E-state index contributed by atoms with van der Waals surface area (Å²) in [5.74, 6) is -1.12. The molecule has 0 saturated heterocycles. The molecule has 0 spiro atoms. The summed E-state index contributed by atoms with van der Waals surface area (Å²) in [6.07, 6.45) is 0. The van der Waals surface area contributed by atoms with Gasteiger partial charge in [0.25, 0.3) is 5.56 Å². The third-order valence-corrected chi connectivity index (χ3v) is 3.91. The van der Waals surface area contributed by atoms with Crippen molar-refractivity contribution in [2.45, 2.75) is 18.6 Å². The minimum absolute atomic E-state index is 0.155. The highest BCUT2D eigenvalue weighted by molar-refractivity contribution is 7.99. The normalized spacial score (nSPS) is 11.2. The number of fused-ring (bicyclic) bond motifs is 1. The molecule has 0 unspecified atom stereocenters. The first-order valence-corrected chi connectivity index (χ1v) is 6.87. The number of aryl methyl sites for hydroxylation is 2. The average Bonchev–Trinajstić information content (AvgIpc) is 2.79. The van der Waals surface area contributed by atoms with Gasteiger partial charge in [0.2, 0.25) is 0 Å². The van der Waals surface area contributed by atoms with E-state index in [0.29, 0.717) is 17.3 Å². The first-order valence-electron chi connectivity index (χ1n) is 5.89. The van der Waals surface area contributed by atoms with Crippen LogP contribution in [0, 0.1) is 0 Å². The number of carbonyl (C=O) groups is 1. The van der Waals surface area contributed by atoms with Crippen LogP contribution >= 0.6 is 11.8 Å². The topological polar surface area (TPSA) is 99.1 Å². The van der Waals surface area contributed by atoms with Gasteiger partial charge in [-0.2, -0.15) is 0 Å². The molecule has 0 saturated carbocycles. The Kier molecular flexibility index (Phi) is 3.71. The monoisotopic (exact) mass is 298 g/mol. The van der Waals surface area contributed by atoms with E-state index >= 15 is 0 Å². The van der Waals surface area contributed by atoms with E-state index in [0.717, 1.165) is 16.3 Å². The van der Waals surface area contributed by atoms with Gasteiger partial charge in [-0.15, -0.1) is 0 Å². The van der Waals surface area contributed by atoms with Gasteiger partial charge in [0.05, 0.1) is 5.75 Å². The Morgan fingerprint density at radius 1 is 1.30 bits per heavy atom. The highest BCUT2D eigenvalue weighted by atomic mass is 32.2. The lowest BCUT2D eigenvalue weighted by Crippen LogP contribution is -2.37. The van der Waals surface area contributed by atoms with Crippen molar-refractivity contribution in [1.82, 2.24) is 18.7 Å². The zero-order chi connectivity index (χ0) is 15.0. The standard InChI is InChI=1S/C11H14N4O4S/c1-4-15-8-7(12-10(15)20-5-6(16)17)9(18)14(3)11(19)13(8)2/h4-5H2,1-3H3,(H,16,17). The molecule has 9 heteroatoms. The minimum atomic E-state index is -0.966. The van der Waals surface area contributed by atoms with Crippen LogP contribution in [0.5, 0.6) is 0 Å². The summed E-state index contributed by atoms with van der Waals surface area (Å²) < 4.78 is 4.00. The number of hydrogen-bond acceptors (Lipinski definition) is 5. The fraction of sp³-hybridized carbons (Fsp3) is 0.455. The molecule has 0 aliphatic heterocycles. The first kappa shape index (κ1) is 14.4. The van der Waals surface area contributed by atoms with Crippen molar-refractivity contribution in [3.63, 3.8) is 0 Å². The van der Waals surface area contributed by atoms with E-state index in [1.165, 1.54) is 11.6 Å². The molecule has 0 aliphatic rings. The summed E-state index contributed by atoms with van der Waals surface area (Å²) in [6, 6.07) is 0. The van der Waals surface area contributed by atoms with E-state index in [9.17, 15) is 14.4 Å². The van der Waals surface area contributed by atoms with Crippen LogP contribution in [-0.4, -0.2) is 35.5 Å². The lowest BCUT2D eigenvalue weighted by atomic mass is 10.5. The van der Waals surface area contributed by atoms with Gasteiger partial charge >= 0.3 is 11.7 Å². The fourth-order valence-corrected chi connectivity index (χ4v) is 2.77. The smallest absolute Gasteiger partial charge is 0.332 e. The largest absolute Gasteiger partial charge is 0.481 e. The predicted molar refractivity (Wildman–Crippen MR) is 74.2 cm³/mol. The minimum Gasteiger partial charge on any atom is -0.481 e. The third-order valence-electron chi connectivity index (χ3n) is 2.95. The Labute approximate surface area is 117 Å². The van der Waals surface area contributed by atoms with Crippen LogP contribution in [0.2, 0.25) is 0 Å². The van der Waals surface area contributed by atoms with Crippen molar-refractivity contribution in [2.75, 3.05) is 5.75 Å². The number of nitrogens with zero attached hydrogens (tertiary/aromatic N) is 4. The molecule has 0 aliphatic carbocycles. The molecular formula is C11H14N4O4S. The molecule has 20 heavy (non-hydrogen) atoms. The first-order chi connectivity index (χ1) is 9.38. The van der Waals surface area contributed by atoms with Crippen molar-refractivity contribution >= 4 is 28.9 Å². The van der Waals surface area contributed by atoms with Crippen molar-refractivity contribution in [3.8, 4) is 0 Å². The molecule has 0 bridgehead atoms. The van der Waals surface area contributed by atoms with E-state index in [1.807, 2.05) is 6.92 Å². The molecule has 0 atom stereocenters. The number of hydrogen-bond donors (Lipinski definition) is 1. The summed E-state index contributed by atoms with van der Waals surface area (Å²) in [5, 5.41) is 9.15. The second-order valence-electron chi connectivity index (χ2n) is 4.20. The fourth-order valence-electron chi connectivity index (χ4n) is 1.99. The van der Waals surface area contributed by atoms with Gasteiger partial charge in [-0.05, 0) is 6.92 Å². The molecule has 0 radical (unpaired) electrons. The Morgan fingerprint density at radius 3 is 2.50 bits per heavy atom. The van der Waals surface area contributed by atoms with Gasteiger partial charge in [0.1, 0.15) is 0 Å². The summed E-state index contributed by atoms with van der Waals surface area (Å²) in [5.41, 5.74) is -0.336. The second kappa shape index (κ2) is 5.16. The van der Waals surface area contributed by atoms with Crippen LogP contribution in [0.4, 0.5) is 0 Å². The lowest BCUT2D eigenvalue weighted by Gasteiger charge is -2.08. The maximum absolute atomic E-state index is 12.1. The van der Waals surface area contributed by atoms with Crippen LogP contribution in [0.1, 0.15) is 6.92 Å². The van der Waals surface area contributed by atoms with Gasteiger partial charge < -0.3 is 9.67 Å². The average molecular weight is 298 g/mol. The molecule has 2 heterocycles.